The molecule has 0 bridgehead atoms. The largest absolute Gasteiger partial charge is 0.482 e. The average Bonchev–Trinajstić information content (AvgIpc) is 2.98. The summed E-state index contributed by atoms with van der Waals surface area (Å²) in [5.74, 6) is 1.45. The van der Waals surface area contributed by atoms with Crippen molar-refractivity contribution >= 4 is 35.0 Å². The van der Waals surface area contributed by atoms with Crippen molar-refractivity contribution in [1.82, 2.24) is 14.8 Å². The summed E-state index contributed by atoms with van der Waals surface area (Å²) in [6, 6.07) is 10.1. The molecule has 0 saturated heterocycles. The summed E-state index contributed by atoms with van der Waals surface area (Å²) in [4.78, 5) is 0. The molecule has 0 N–H and O–H groups in total. The number of nitrogens with zero attached hydrogens (tertiary/aromatic N) is 3. The van der Waals surface area contributed by atoms with E-state index in [4.69, 9.17) is 27.9 Å². The SMILES string of the molecule is Cc1cc(Cl)ccc1OC(C)c1nnc(SCc2c(F)cccc2Cl)n1C. The Morgan fingerprint density at radius 2 is 2.00 bits per heavy atom. The molecule has 0 aliphatic carbocycles. The smallest absolute Gasteiger partial charge is 0.191 e. The minimum atomic E-state index is -0.327. The topological polar surface area (TPSA) is 39.9 Å². The van der Waals surface area contributed by atoms with Crippen molar-refractivity contribution in [2.45, 2.75) is 30.9 Å². The van der Waals surface area contributed by atoms with Gasteiger partial charge in [-0.15, -0.1) is 10.2 Å². The second-order valence-corrected chi connectivity index (χ2v) is 7.84. The third-order valence-corrected chi connectivity index (χ3v) is 5.72. The highest BCUT2D eigenvalue weighted by Crippen LogP contribution is 2.30. The van der Waals surface area contributed by atoms with Crippen LogP contribution in [0.4, 0.5) is 4.39 Å². The second-order valence-electron chi connectivity index (χ2n) is 6.06. The number of rotatable bonds is 6. The van der Waals surface area contributed by atoms with E-state index in [1.165, 1.54) is 17.8 Å². The van der Waals surface area contributed by atoms with Crippen molar-refractivity contribution < 1.29 is 9.13 Å². The minimum Gasteiger partial charge on any atom is -0.482 e. The van der Waals surface area contributed by atoms with Crippen LogP contribution in [0.3, 0.4) is 0 Å². The Balaban J connectivity index is 1.72. The molecule has 1 aromatic heterocycles. The maximum absolute atomic E-state index is 13.9. The normalized spacial score (nSPS) is 12.2. The molecule has 1 heterocycles. The number of aromatic nitrogens is 3. The van der Waals surface area contributed by atoms with Gasteiger partial charge in [-0.2, -0.15) is 0 Å². The summed E-state index contributed by atoms with van der Waals surface area (Å²) in [6.45, 7) is 3.84. The standard InChI is InChI=1S/C19H18Cl2FN3OS/c1-11-9-13(20)7-8-17(11)26-12(2)18-23-24-19(25(18)3)27-10-14-15(21)5-4-6-16(14)22/h4-9,12H,10H2,1-3H3. The van der Waals surface area contributed by atoms with E-state index in [1.807, 2.05) is 37.6 Å². The Hall–Kier alpha value is -1.76. The lowest BCUT2D eigenvalue weighted by atomic mass is 10.2. The van der Waals surface area contributed by atoms with Crippen LogP contribution in [0.15, 0.2) is 41.6 Å². The third kappa shape index (κ3) is 4.57. The summed E-state index contributed by atoms with van der Waals surface area (Å²) in [5.41, 5.74) is 1.40. The van der Waals surface area contributed by atoms with Gasteiger partial charge in [-0.25, -0.2) is 4.39 Å². The van der Waals surface area contributed by atoms with Crippen LogP contribution < -0.4 is 4.74 Å². The number of hydrogen-bond acceptors (Lipinski definition) is 4. The zero-order chi connectivity index (χ0) is 19.6. The Morgan fingerprint density at radius 3 is 2.70 bits per heavy atom. The first-order valence-corrected chi connectivity index (χ1v) is 9.98. The molecule has 27 heavy (non-hydrogen) atoms. The summed E-state index contributed by atoms with van der Waals surface area (Å²) in [6.07, 6.45) is -0.311. The molecule has 0 aliphatic heterocycles. The van der Waals surface area contributed by atoms with Gasteiger partial charge in [0.25, 0.3) is 0 Å². The fourth-order valence-electron chi connectivity index (χ4n) is 2.60. The number of benzene rings is 2. The lowest BCUT2D eigenvalue weighted by Gasteiger charge is -2.16. The van der Waals surface area contributed by atoms with E-state index in [2.05, 4.69) is 10.2 Å². The molecular formula is C19H18Cl2FN3OS. The number of thioether (sulfide) groups is 1. The van der Waals surface area contributed by atoms with Crippen LogP contribution in [0.1, 0.15) is 30.0 Å². The Bertz CT molecular complexity index is 944. The van der Waals surface area contributed by atoms with Crippen molar-refractivity contribution in [3.8, 4) is 5.75 Å². The Labute approximate surface area is 171 Å². The van der Waals surface area contributed by atoms with Gasteiger partial charge in [-0.3, -0.25) is 0 Å². The van der Waals surface area contributed by atoms with E-state index < -0.39 is 0 Å². The summed E-state index contributed by atoms with van der Waals surface area (Å²) in [5, 5.41) is 10.2. The van der Waals surface area contributed by atoms with Crippen LogP contribution >= 0.6 is 35.0 Å². The molecule has 0 fully saturated rings. The molecule has 0 aliphatic rings. The van der Waals surface area contributed by atoms with Gasteiger partial charge in [0.05, 0.1) is 0 Å². The molecule has 0 saturated carbocycles. The summed E-state index contributed by atoms with van der Waals surface area (Å²) in [7, 11) is 1.86. The highest BCUT2D eigenvalue weighted by atomic mass is 35.5. The predicted molar refractivity (Wildman–Crippen MR) is 107 cm³/mol. The Morgan fingerprint density at radius 1 is 1.22 bits per heavy atom. The van der Waals surface area contributed by atoms with E-state index in [0.29, 0.717) is 32.3 Å². The molecular weight excluding hydrogens is 408 g/mol. The molecule has 1 unspecified atom stereocenters. The van der Waals surface area contributed by atoms with Crippen LogP contribution in [-0.2, 0) is 12.8 Å². The first kappa shape index (κ1) is 20.0. The molecule has 3 rings (SSSR count). The Kier molecular flexibility index (Phi) is 6.29. The first-order valence-electron chi connectivity index (χ1n) is 8.24. The number of ether oxygens (including phenoxy) is 1. The van der Waals surface area contributed by atoms with Gasteiger partial charge in [0.1, 0.15) is 11.6 Å². The van der Waals surface area contributed by atoms with Gasteiger partial charge in [0, 0.05) is 28.4 Å². The number of halogens is 3. The van der Waals surface area contributed by atoms with Gasteiger partial charge < -0.3 is 9.30 Å². The first-order chi connectivity index (χ1) is 12.9. The van der Waals surface area contributed by atoms with Crippen molar-refractivity contribution in [3.05, 3.63) is 69.2 Å². The minimum absolute atomic E-state index is 0.311. The molecule has 0 radical (unpaired) electrons. The highest BCUT2D eigenvalue weighted by Gasteiger charge is 2.19. The van der Waals surface area contributed by atoms with Crippen molar-refractivity contribution in [2.75, 3.05) is 0 Å². The van der Waals surface area contributed by atoms with E-state index in [0.717, 1.165) is 11.3 Å². The molecule has 1 atom stereocenters. The molecule has 0 amide bonds. The molecule has 8 heteroatoms. The van der Waals surface area contributed by atoms with Crippen molar-refractivity contribution in [1.29, 1.82) is 0 Å². The average molecular weight is 426 g/mol. The lowest BCUT2D eigenvalue weighted by Crippen LogP contribution is -2.10. The molecule has 3 aromatic rings. The maximum Gasteiger partial charge on any atom is 0.191 e. The van der Waals surface area contributed by atoms with E-state index in [9.17, 15) is 4.39 Å². The number of hydrogen-bond donors (Lipinski definition) is 0. The third-order valence-electron chi connectivity index (χ3n) is 4.08. The second kappa shape index (κ2) is 8.50. The van der Waals surface area contributed by atoms with Gasteiger partial charge in [0.15, 0.2) is 17.1 Å². The zero-order valence-corrected chi connectivity index (χ0v) is 17.4. The van der Waals surface area contributed by atoms with Gasteiger partial charge in [-0.1, -0.05) is 41.0 Å². The van der Waals surface area contributed by atoms with Crippen molar-refractivity contribution in [2.24, 2.45) is 7.05 Å². The van der Waals surface area contributed by atoms with Crippen LogP contribution in [0.2, 0.25) is 10.0 Å². The number of aryl methyl sites for hydroxylation is 1. The van der Waals surface area contributed by atoms with Gasteiger partial charge in [0.2, 0.25) is 0 Å². The lowest BCUT2D eigenvalue weighted by molar-refractivity contribution is 0.210. The fourth-order valence-corrected chi connectivity index (χ4v) is 4.09. The van der Waals surface area contributed by atoms with Crippen LogP contribution in [0.25, 0.3) is 0 Å². The van der Waals surface area contributed by atoms with E-state index in [1.54, 1.807) is 18.2 Å². The summed E-state index contributed by atoms with van der Waals surface area (Å²) < 4.78 is 21.8. The zero-order valence-electron chi connectivity index (χ0n) is 15.0. The maximum atomic E-state index is 13.9. The highest BCUT2D eigenvalue weighted by molar-refractivity contribution is 7.98. The quantitative estimate of drug-likeness (QED) is 0.453. The monoisotopic (exact) mass is 425 g/mol. The van der Waals surface area contributed by atoms with E-state index >= 15 is 0 Å². The van der Waals surface area contributed by atoms with Crippen molar-refractivity contribution in [3.63, 3.8) is 0 Å². The van der Waals surface area contributed by atoms with Gasteiger partial charge >= 0.3 is 0 Å². The molecule has 2 aromatic carbocycles. The molecule has 4 nitrogen and oxygen atoms in total. The molecule has 142 valence electrons. The van der Waals surface area contributed by atoms with Crippen LogP contribution in [0, 0.1) is 12.7 Å². The predicted octanol–water partition coefficient (Wildman–Crippen LogP) is 6.00. The molecule has 0 spiro atoms. The van der Waals surface area contributed by atoms with Crippen LogP contribution in [-0.4, -0.2) is 14.8 Å². The van der Waals surface area contributed by atoms with E-state index in [-0.39, 0.29) is 11.9 Å². The summed E-state index contributed by atoms with van der Waals surface area (Å²) >= 11 is 13.4. The fraction of sp³-hybridized carbons (Fsp3) is 0.263. The van der Waals surface area contributed by atoms with Crippen LogP contribution in [0.5, 0.6) is 5.75 Å². The van der Waals surface area contributed by atoms with Gasteiger partial charge in [-0.05, 0) is 49.7 Å².